The van der Waals surface area contributed by atoms with Gasteiger partial charge in [-0.05, 0) is 41.1 Å². The van der Waals surface area contributed by atoms with Crippen molar-refractivity contribution in [2.24, 2.45) is 5.73 Å². The Morgan fingerprint density at radius 2 is 1.95 bits per heavy atom. The number of ether oxygens (including phenoxy) is 1. The Hall–Kier alpha value is -1.95. The summed E-state index contributed by atoms with van der Waals surface area (Å²) in [5.74, 6) is 1.51. The molecule has 0 bridgehead atoms. The smallest absolute Gasteiger partial charge is 0.170 e. The lowest BCUT2D eigenvalue weighted by Gasteiger charge is -2.07. The highest BCUT2D eigenvalue weighted by molar-refractivity contribution is 5.36. The van der Waals surface area contributed by atoms with Gasteiger partial charge in [-0.25, -0.2) is 0 Å². The summed E-state index contributed by atoms with van der Waals surface area (Å²) in [4.78, 5) is 0. The lowest BCUT2D eigenvalue weighted by Crippen LogP contribution is -2.08. The van der Waals surface area contributed by atoms with E-state index in [1.54, 1.807) is 4.68 Å². The molecule has 2 aromatic rings. The Morgan fingerprint density at radius 1 is 1.15 bits per heavy atom. The minimum atomic E-state index is 0.308. The Labute approximate surface area is 118 Å². The molecule has 6 heteroatoms. The largest absolute Gasteiger partial charge is 0.494 e. The number of aromatic nitrogens is 4. The average Bonchev–Trinajstić information content (AvgIpc) is 2.96. The third-order valence-corrected chi connectivity index (χ3v) is 3.06. The highest BCUT2D eigenvalue weighted by atomic mass is 16.5. The van der Waals surface area contributed by atoms with Crippen molar-refractivity contribution in [1.82, 2.24) is 20.2 Å². The van der Waals surface area contributed by atoms with Gasteiger partial charge in [0.25, 0.3) is 0 Å². The van der Waals surface area contributed by atoms with Crippen molar-refractivity contribution in [2.45, 2.75) is 39.2 Å². The molecule has 0 unspecified atom stereocenters. The Kier molecular flexibility index (Phi) is 5.49. The van der Waals surface area contributed by atoms with Crippen LogP contribution >= 0.6 is 0 Å². The molecule has 0 radical (unpaired) electrons. The van der Waals surface area contributed by atoms with E-state index in [4.69, 9.17) is 10.5 Å². The molecule has 1 aromatic heterocycles. The maximum Gasteiger partial charge on any atom is 0.170 e. The fourth-order valence-electron chi connectivity index (χ4n) is 1.94. The van der Waals surface area contributed by atoms with E-state index in [1.807, 2.05) is 24.3 Å². The van der Waals surface area contributed by atoms with Gasteiger partial charge in [0.15, 0.2) is 5.82 Å². The molecular formula is C14H21N5O. The van der Waals surface area contributed by atoms with E-state index >= 15 is 0 Å². The second kappa shape index (κ2) is 7.59. The minimum absolute atomic E-state index is 0.308. The van der Waals surface area contributed by atoms with E-state index in [-0.39, 0.29) is 0 Å². The summed E-state index contributed by atoms with van der Waals surface area (Å²) < 4.78 is 7.33. The van der Waals surface area contributed by atoms with Crippen LogP contribution < -0.4 is 10.5 Å². The maximum absolute atomic E-state index is 5.70. The molecule has 108 valence electrons. The normalized spacial score (nSPS) is 10.7. The molecule has 6 nitrogen and oxygen atoms in total. The Bertz CT molecular complexity index is 509. The van der Waals surface area contributed by atoms with Crippen molar-refractivity contribution < 1.29 is 4.74 Å². The number of unbranched alkanes of at least 4 members (excludes halogenated alkanes) is 3. The zero-order chi connectivity index (χ0) is 14.2. The summed E-state index contributed by atoms with van der Waals surface area (Å²) in [6.45, 7) is 3.27. The van der Waals surface area contributed by atoms with Crippen LogP contribution in [0.1, 0.15) is 38.4 Å². The number of benzene rings is 1. The summed E-state index contributed by atoms with van der Waals surface area (Å²) in [5.41, 5.74) is 6.46. The fraction of sp³-hybridized carbons (Fsp3) is 0.500. The van der Waals surface area contributed by atoms with Crippen molar-refractivity contribution in [2.75, 3.05) is 6.61 Å². The van der Waals surface area contributed by atoms with Gasteiger partial charge in [0.1, 0.15) is 5.75 Å². The number of hydrogen-bond donors (Lipinski definition) is 1. The molecule has 0 saturated carbocycles. The zero-order valence-corrected chi connectivity index (χ0v) is 11.8. The van der Waals surface area contributed by atoms with Crippen molar-refractivity contribution >= 4 is 0 Å². The van der Waals surface area contributed by atoms with Crippen LogP contribution in [0.5, 0.6) is 5.75 Å². The van der Waals surface area contributed by atoms with Crippen LogP contribution in [0.4, 0.5) is 0 Å². The van der Waals surface area contributed by atoms with Gasteiger partial charge in [-0.2, -0.15) is 4.68 Å². The third-order valence-electron chi connectivity index (χ3n) is 3.06. The standard InChI is InChI=1S/C14H21N5O/c1-2-3-4-5-10-20-13-8-6-12(7-9-13)19-14(11-15)16-17-18-19/h6-9H,2-5,10-11,15H2,1H3. The van der Waals surface area contributed by atoms with E-state index in [1.165, 1.54) is 19.3 Å². The number of hydrogen-bond acceptors (Lipinski definition) is 5. The summed E-state index contributed by atoms with van der Waals surface area (Å²) in [5, 5.41) is 11.4. The number of nitrogens with zero attached hydrogens (tertiary/aromatic N) is 4. The topological polar surface area (TPSA) is 78.8 Å². The van der Waals surface area contributed by atoms with Crippen molar-refractivity contribution in [1.29, 1.82) is 0 Å². The summed E-state index contributed by atoms with van der Waals surface area (Å²) in [6, 6.07) is 7.71. The van der Waals surface area contributed by atoms with Crippen LogP contribution in [-0.2, 0) is 6.54 Å². The molecule has 1 heterocycles. The molecule has 1 aromatic carbocycles. The summed E-state index contributed by atoms with van der Waals surface area (Å²) >= 11 is 0. The molecule has 0 aliphatic rings. The van der Waals surface area contributed by atoms with Gasteiger partial charge in [0.05, 0.1) is 18.8 Å². The maximum atomic E-state index is 5.70. The Balaban J connectivity index is 1.90. The molecular weight excluding hydrogens is 254 g/mol. The first-order valence-electron chi connectivity index (χ1n) is 7.05. The molecule has 0 amide bonds. The van der Waals surface area contributed by atoms with Crippen LogP contribution in [0.15, 0.2) is 24.3 Å². The molecule has 20 heavy (non-hydrogen) atoms. The van der Waals surface area contributed by atoms with Crippen LogP contribution in [0, 0.1) is 0 Å². The molecule has 0 aliphatic carbocycles. The highest BCUT2D eigenvalue weighted by Crippen LogP contribution is 2.15. The second-order valence-corrected chi connectivity index (χ2v) is 4.61. The van der Waals surface area contributed by atoms with E-state index in [2.05, 4.69) is 22.4 Å². The van der Waals surface area contributed by atoms with Gasteiger partial charge in [0, 0.05) is 0 Å². The minimum Gasteiger partial charge on any atom is -0.494 e. The number of rotatable bonds is 8. The molecule has 2 N–H and O–H groups in total. The van der Waals surface area contributed by atoms with E-state index in [9.17, 15) is 0 Å². The highest BCUT2D eigenvalue weighted by Gasteiger charge is 2.06. The SMILES string of the molecule is CCCCCCOc1ccc(-n2nnnc2CN)cc1. The van der Waals surface area contributed by atoms with Gasteiger partial charge in [-0.1, -0.05) is 26.2 Å². The lowest BCUT2D eigenvalue weighted by atomic mass is 10.2. The average molecular weight is 275 g/mol. The first-order valence-corrected chi connectivity index (χ1v) is 7.05. The lowest BCUT2D eigenvalue weighted by molar-refractivity contribution is 0.305. The summed E-state index contributed by atoms with van der Waals surface area (Å²) in [6.07, 6.45) is 4.83. The molecule has 0 atom stereocenters. The summed E-state index contributed by atoms with van der Waals surface area (Å²) in [7, 11) is 0. The number of tetrazole rings is 1. The first kappa shape index (κ1) is 14.5. The monoisotopic (exact) mass is 275 g/mol. The van der Waals surface area contributed by atoms with Gasteiger partial charge in [-0.15, -0.1) is 5.10 Å². The van der Waals surface area contributed by atoms with Crippen LogP contribution in [0.25, 0.3) is 5.69 Å². The van der Waals surface area contributed by atoms with E-state index in [0.717, 1.165) is 24.5 Å². The van der Waals surface area contributed by atoms with E-state index in [0.29, 0.717) is 12.4 Å². The van der Waals surface area contributed by atoms with Crippen molar-refractivity contribution in [3.63, 3.8) is 0 Å². The Morgan fingerprint density at radius 3 is 2.65 bits per heavy atom. The first-order chi connectivity index (χ1) is 9.85. The quantitative estimate of drug-likeness (QED) is 0.746. The van der Waals surface area contributed by atoms with Crippen LogP contribution in [0.3, 0.4) is 0 Å². The fourth-order valence-corrected chi connectivity index (χ4v) is 1.94. The van der Waals surface area contributed by atoms with Crippen LogP contribution in [-0.4, -0.2) is 26.8 Å². The van der Waals surface area contributed by atoms with Crippen molar-refractivity contribution in [3.8, 4) is 11.4 Å². The zero-order valence-electron chi connectivity index (χ0n) is 11.8. The van der Waals surface area contributed by atoms with Gasteiger partial charge in [0.2, 0.25) is 0 Å². The van der Waals surface area contributed by atoms with Gasteiger partial charge >= 0.3 is 0 Å². The third kappa shape index (κ3) is 3.77. The van der Waals surface area contributed by atoms with E-state index < -0.39 is 0 Å². The molecule has 0 spiro atoms. The predicted octanol–water partition coefficient (Wildman–Crippen LogP) is 2.08. The number of nitrogens with two attached hydrogens (primary N) is 1. The van der Waals surface area contributed by atoms with Gasteiger partial charge in [-0.3, -0.25) is 0 Å². The molecule has 2 rings (SSSR count). The van der Waals surface area contributed by atoms with Crippen molar-refractivity contribution in [3.05, 3.63) is 30.1 Å². The molecule has 0 fully saturated rings. The van der Waals surface area contributed by atoms with Gasteiger partial charge < -0.3 is 10.5 Å². The molecule has 0 saturated heterocycles. The van der Waals surface area contributed by atoms with Crippen LogP contribution in [0.2, 0.25) is 0 Å². The molecule has 0 aliphatic heterocycles. The predicted molar refractivity (Wildman–Crippen MR) is 76.7 cm³/mol. The second-order valence-electron chi connectivity index (χ2n) is 4.61.